The van der Waals surface area contributed by atoms with Crippen molar-refractivity contribution in [2.24, 2.45) is 0 Å². The smallest absolute Gasteiger partial charge is 0.0638 e. The Morgan fingerprint density at radius 2 is 2.11 bits per heavy atom. The number of hydrogen-bond donors (Lipinski definition) is 2. The molecular weight excluding hydrogens is 256 g/mol. The molecule has 3 nitrogen and oxygen atoms in total. The molecule has 1 aliphatic heterocycles. The molecule has 1 saturated heterocycles. The molecule has 1 unspecified atom stereocenters. The van der Waals surface area contributed by atoms with Crippen molar-refractivity contribution in [3.05, 3.63) is 41.3 Å². The van der Waals surface area contributed by atoms with E-state index in [9.17, 15) is 5.11 Å². The summed E-state index contributed by atoms with van der Waals surface area (Å²) in [5, 5.41) is 13.0. The molecule has 1 fully saturated rings. The van der Waals surface area contributed by atoms with Crippen LogP contribution in [-0.4, -0.2) is 48.8 Å². The van der Waals surface area contributed by atoms with Gasteiger partial charge in [0, 0.05) is 36.0 Å². The van der Waals surface area contributed by atoms with Crippen molar-refractivity contribution in [1.82, 2.24) is 10.2 Å². The Bertz CT molecular complexity index is 430. The molecule has 0 aliphatic carbocycles. The van der Waals surface area contributed by atoms with E-state index in [0.717, 1.165) is 31.1 Å². The van der Waals surface area contributed by atoms with Crippen LogP contribution in [0.25, 0.3) is 0 Å². The van der Waals surface area contributed by atoms with E-state index < -0.39 is 0 Å². The highest BCUT2D eigenvalue weighted by atomic mass is 32.2. The van der Waals surface area contributed by atoms with Crippen molar-refractivity contribution in [3.8, 4) is 0 Å². The minimum atomic E-state index is 0.0479. The third-order valence-corrected chi connectivity index (χ3v) is 4.68. The van der Waals surface area contributed by atoms with Crippen LogP contribution in [0.1, 0.15) is 5.56 Å². The molecule has 1 heterocycles. The maximum absolute atomic E-state index is 9.66. The van der Waals surface area contributed by atoms with Gasteiger partial charge in [-0.15, -0.1) is 0 Å². The Kier molecular flexibility index (Phi) is 5.45. The second-order valence-electron chi connectivity index (χ2n) is 4.82. The lowest BCUT2D eigenvalue weighted by molar-refractivity contribution is 0.136. The van der Waals surface area contributed by atoms with E-state index in [1.165, 1.54) is 10.5 Å². The van der Waals surface area contributed by atoms with Gasteiger partial charge in [0.1, 0.15) is 0 Å². The number of piperazine rings is 1. The predicted molar refractivity (Wildman–Crippen MR) is 81.5 cm³/mol. The number of aryl methyl sites for hydroxylation is 1. The zero-order valence-electron chi connectivity index (χ0n) is 11.4. The number of aliphatic hydroxyl groups is 1. The molecular formula is C15H22N2OS. The highest BCUT2D eigenvalue weighted by Gasteiger charge is 2.23. The maximum atomic E-state index is 9.66. The van der Waals surface area contributed by atoms with Crippen molar-refractivity contribution in [3.63, 3.8) is 0 Å². The van der Waals surface area contributed by atoms with Crippen molar-refractivity contribution in [2.45, 2.75) is 17.9 Å². The van der Waals surface area contributed by atoms with Crippen LogP contribution in [0.2, 0.25) is 0 Å². The van der Waals surface area contributed by atoms with Crippen LogP contribution in [0.15, 0.2) is 40.6 Å². The Morgan fingerprint density at radius 3 is 2.74 bits per heavy atom. The largest absolute Gasteiger partial charge is 0.394 e. The Balaban J connectivity index is 2.02. The highest BCUT2D eigenvalue weighted by molar-refractivity contribution is 8.03. The van der Waals surface area contributed by atoms with Gasteiger partial charge in [-0.2, -0.15) is 0 Å². The second-order valence-corrected chi connectivity index (χ2v) is 5.99. The molecule has 1 aromatic rings. The molecule has 1 aromatic carbocycles. The summed E-state index contributed by atoms with van der Waals surface area (Å²) >= 11 is 1.68. The lowest BCUT2D eigenvalue weighted by atomic mass is 10.2. The van der Waals surface area contributed by atoms with Gasteiger partial charge in [-0.05, 0) is 18.6 Å². The average molecular weight is 278 g/mol. The van der Waals surface area contributed by atoms with Crippen molar-refractivity contribution < 1.29 is 5.11 Å². The van der Waals surface area contributed by atoms with Crippen LogP contribution >= 0.6 is 11.8 Å². The van der Waals surface area contributed by atoms with E-state index >= 15 is 0 Å². The van der Waals surface area contributed by atoms with Gasteiger partial charge < -0.3 is 10.4 Å². The van der Waals surface area contributed by atoms with Crippen LogP contribution in [0.5, 0.6) is 0 Å². The monoisotopic (exact) mass is 278 g/mol. The fourth-order valence-electron chi connectivity index (χ4n) is 2.29. The zero-order valence-corrected chi connectivity index (χ0v) is 12.2. The van der Waals surface area contributed by atoms with Crippen LogP contribution in [-0.2, 0) is 0 Å². The van der Waals surface area contributed by atoms with E-state index in [-0.39, 0.29) is 12.6 Å². The zero-order chi connectivity index (χ0) is 13.7. The second kappa shape index (κ2) is 7.10. The molecule has 0 spiro atoms. The number of nitrogens with one attached hydrogen (secondary N) is 1. The van der Waals surface area contributed by atoms with Crippen LogP contribution < -0.4 is 5.32 Å². The first-order valence-corrected chi connectivity index (χ1v) is 7.52. The van der Waals surface area contributed by atoms with E-state index in [0.29, 0.717) is 0 Å². The minimum absolute atomic E-state index is 0.0479. The number of hydrogen-bond acceptors (Lipinski definition) is 4. The molecule has 4 heteroatoms. The number of thioether (sulfide) groups is 1. The van der Waals surface area contributed by atoms with Gasteiger partial charge in [0.25, 0.3) is 0 Å². The first kappa shape index (κ1) is 14.6. The van der Waals surface area contributed by atoms with Gasteiger partial charge >= 0.3 is 0 Å². The maximum Gasteiger partial charge on any atom is 0.0638 e. The predicted octanol–water partition coefficient (Wildman–Crippen LogP) is 1.87. The number of aliphatic hydroxyl groups excluding tert-OH is 1. The number of rotatable bonds is 5. The van der Waals surface area contributed by atoms with Crippen molar-refractivity contribution >= 4 is 11.8 Å². The van der Waals surface area contributed by atoms with Gasteiger partial charge in [-0.3, -0.25) is 4.90 Å². The fourth-order valence-corrected chi connectivity index (χ4v) is 3.31. The van der Waals surface area contributed by atoms with Crippen LogP contribution in [0.3, 0.4) is 0 Å². The molecule has 0 amide bonds. The van der Waals surface area contributed by atoms with Crippen molar-refractivity contribution in [2.75, 3.05) is 32.8 Å². The standard InChI is InChI=1S/C15H22N2OS/c1-12-5-3-4-6-15(12)19-13(2)14(11-18)17-9-7-16-8-10-17/h3-6,14,16,18H,2,7-11H2,1H3. The summed E-state index contributed by atoms with van der Waals surface area (Å²) in [6, 6.07) is 8.35. The van der Waals surface area contributed by atoms with Crippen molar-refractivity contribution in [1.29, 1.82) is 0 Å². The normalized spacial score (nSPS) is 18.2. The molecule has 1 atom stereocenters. The minimum Gasteiger partial charge on any atom is -0.394 e. The van der Waals surface area contributed by atoms with Gasteiger partial charge in [0.15, 0.2) is 0 Å². The summed E-state index contributed by atoms with van der Waals surface area (Å²) in [7, 11) is 0. The van der Waals surface area contributed by atoms with Gasteiger partial charge in [0.05, 0.1) is 12.6 Å². The highest BCUT2D eigenvalue weighted by Crippen LogP contribution is 2.31. The quantitative estimate of drug-likeness (QED) is 0.806. The third kappa shape index (κ3) is 3.83. The molecule has 1 aliphatic rings. The molecule has 0 bridgehead atoms. The average Bonchev–Trinajstić information content (AvgIpc) is 2.43. The van der Waals surface area contributed by atoms with Crippen LogP contribution in [0.4, 0.5) is 0 Å². The number of nitrogens with zero attached hydrogens (tertiary/aromatic N) is 1. The summed E-state index contributed by atoms with van der Waals surface area (Å²) in [6.07, 6.45) is 0. The first-order valence-electron chi connectivity index (χ1n) is 6.70. The van der Waals surface area contributed by atoms with E-state index in [1.54, 1.807) is 11.8 Å². The molecule has 0 radical (unpaired) electrons. The lowest BCUT2D eigenvalue weighted by Gasteiger charge is -2.34. The molecule has 2 N–H and O–H groups in total. The SMILES string of the molecule is C=C(Sc1ccccc1C)C(CO)N1CCNCC1. The molecule has 0 aromatic heterocycles. The molecule has 0 saturated carbocycles. The summed E-state index contributed by atoms with van der Waals surface area (Å²) in [5.41, 5.74) is 1.26. The Labute approximate surface area is 119 Å². The molecule has 104 valence electrons. The molecule has 19 heavy (non-hydrogen) atoms. The Hall–Kier alpha value is -0.810. The number of benzene rings is 1. The first-order chi connectivity index (χ1) is 9.22. The summed E-state index contributed by atoms with van der Waals surface area (Å²) < 4.78 is 0. The van der Waals surface area contributed by atoms with E-state index in [4.69, 9.17) is 0 Å². The topological polar surface area (TPSA) is 35.5 Å². The summed E-state index contributed by atoms with van der Waals surface area (Å²) in [4.78, 5) is 4.56. The fraction of sp³-hybridized carbons (Fsp3) is 0.467. The van der Waals surface area contributed by atoms with Crippen LogP contribution in [0, 0.1) is 6.92 Å². The third-order valence-electron chi connectivity index (χ3n) is 3.47. The van der Waals surface area contributed by atoms with Gasteiger partial charge in [-0.1, -0.05) is 36.5 Å². The van der Waals surface area contributed by atoms with Gasteiger partial charge in [-0.25, -0.2) is 0 Å². The van der Waals surface area contributed by atoms with E-state index in [1.807, 2.05) is 12.1 Å². The Morgan fingerprint density at radius 1 is 1.42 bits per heavy atom. The van der Waals surface area contributed by atoms with E-state index in [2.05, 4.69) is 35.9 Å². The summed E-state index contributed by atoms with van der Waals surface area (Å²) in [6.45, 7) is 10.3. The summed E-state index contributed by atoms with van der Waals surface area (Å²) in [5.74, 6) is 0. The molecule has 2 rings (SSSR count). The van der Waals surface area contributed by atoms with Gasteiger partial charge in [0.2, 0.25) is 0 Å². The lowest BCUT2D eigenvalue weighted by Crippen LogP contribution is -2.49.